The Kier molecular flexibility index (Phi) is 6.13. The van der Waals surface area contributed by atoms with E-state index in [1.807, 2.05) is 12.1 Å². The second-order valence-electron chi connectivity index (χ2n) is 4.57. The van der Waals surface area contributed by atoms with Crippen molar-refractivity contribution < 1.29 is 4.39 Å². The van der Waals surface area contributed by atoms with Gasteiger partial charge in [0.2, 0.25) is 0 Å². The fourth-order valence-electron chi connectivity index (χ4n) is 2.19. The molecule has 0 amide bonds. The van der Waals surface area contributed by atoms with Crippen molar-refractivity contribution in [2.45, 2.75) is 40.2 Å². The number of nitrogens with one attached hydrogen (secondary N) is 1. The number of benzene rings is 1. The van der Waals surface area contributed by atoms with Crippen molar-refractivity contribution in [1.82, 2.24) is 5.32 Å². The molecule has 102 valence electrons. The van der Waals surface area contributed by atoms with Gasteiger partial charge < -0.3 is 10.2 Å². The maximum atomic E-state index is 14.1. The molecule has 0 heterocycles. The molecule has 0 aliphatic rings. The highest BCUT2D eigenvalue weighted by Gasteiger charge is 2.12. The lowest BCUT2D eigenvalue weighted by Crippen LogP contribution is -2.25. The number of halogens is 1. The van der Waals surface area contributed by atoms with Crippen molar-refractivity contribution in [1.29, 1.82) is 0 Å². The van der Waals surface area contributed by atoms with Crippen LogP contribution in [0.25, 0.3) is 0 Å². The summed E-state index contributed by atoms with van der Waals surface area (Å²) in [7, 11) is 0. The fourth-order valence-corrected chi connectivity index (χ4v) is 2.19. The summed E-state index contributed by atoms with van der Waals surface area (Å²) in [5, 5.41) is 3.30. The highest BCUT2D eigenvalue weighted by atomic mass is 19.1. The summed E-state index contributed by atoms with van der Waals surface area (Å²) < 4.78 is 14.1. The average molecular weight is 252 g/mol. The maximum absolute atomic E-state index is 14.1. The molecule has 18 heavy (non-hydrogen) atoms. The first-order valence-electron chi connectivity index (χ1n) is 6.91. The maximum Gasteiger partial charge on any atom is 0.146 e. The van der Waals surface area contributed by atoms with Crippen LogP contribution in [-0.2, 0) is 0 Å². The molecule has 3 heteroatoms. The molecule has 0 fully saturated rings. The molecule has 0 bridgehead atoms. The molecule has 0 saturated carbocycles. The third-order valence-corrected chi connectivity index (χ3v) is 3.20. The Morgan fingerprint density at radius 1 is 1.28 bits per heavy atom. The highest BCUT2D eigenvalue weighted by molar-refractivity contribution is 5.49. The van der Waals surface area contributed by atoms with Gasteiger partial charge in [-0.2, -0.15) is 0 Å². The molecule has 1 N–H and O–H groups in total. The van der Waals surface area contributed by atoms with Crippen LogP contribution in [0.15, 0.2) is 18.2 Å². The highest BCUT2D eigenvalue weighted by Crippen LogP contribution is 2.23. The number of hydrogen-bond acceptors (Lipinski definition) is 2. The van der Waals surface area contributed by atoms with E-state index in [9.17, 15) is 4.39 Å². The standard InChI is InChI=1S/C15H25FN2/c1-5-10-18(7-3)15-9-8-13(11-14(15)16)12(4)17-6-2/h8-9,11-12,17H,5-7,10H2,1-4H3. The first kappa shape index (κ1) is 15.0. The SMILES string of the molecule is CCCN(CC)c1ccc(C(C)NCC)cc1F. The molecule has 0 aliphatic carbocycles. The Bertz CT molecular complexity index is 366. The molecule has 1 atom stereocenters. The molecule has 0 aliphatic heterocycles. The molecular formula is C15H25FN2. The predicted octanol–water partition coefficient (Wildman–Crippen LogP) is 3.73. The van der Waals surface area contributed by atoms with E-state index in [2.05, 4.69) is 37.9 Å². The van der Waals surface area contributed by atoms with E-state index < -0.39 is 0 Å². The van der Waals surface area contributed by atoms with Crippen LogP contribution in [0, 0.1) is 5.82 Å². The van der Waals surface area contributed by atoms with Crippen molar-refractivity contribution >= 4 is 5.69 Å². The van der Waals surface area contributed by atoms with Gasteiger partial charge in [0.15, 0.2) is 0 Å². The fraction of sp³-hybridized carbons (Fsp3) is 0.600. The van der Waals surface area contributed by atoms with Crippen molar-refractivity contribution in [3.8, 4) is 0 Å². The Morgan fingerprint density at radius 3 is 2.50 bits per heavy atom. The van der Waals surface area contributed by atoms with Crippen LogP contribution >= 0.6 is 0 Å². The van der Waals surface area contributed by atoms with E-state index >= 15 is 0 Å². The smallest absolute Gasteiger partial charge is 0.146 e. The molecule has 1 unspecified atom stereocenters. The number of rotatable bonds is 7. The van der Waals surface area contributed by atoms with Crippen LogP contribution in [0.1, 0.15) is 45.7 Å². The van der Waals surface area contributed by atoms with Gasteiger partial charge in [-0.15, -0.1) is 0 Å². The van der Waals surface area contributed by atoms with Gasteiger partial charge in [-0.1, -0.05) is 19.9 Å². The summed E-state index contributed by atoms with van der Waals surface area (Å²) in [6.07, 6.45) is 1.03. The van der Waals surface area contributed by atoms with Crippen LogP contribution in [0.5, 0.6) is 0 Å². The monoisotopic (exact) mass is 252 g/mol. The van der Waals surface area contributed by atoms with Crippen LogP contribution in [0.3, 0.4) is 0 Å². The Balaban J connectivity index is 2.90. The summed E-state index contributed by atoms with van der Waals surface area (Å²) >= 11 is 0. The quantitative estimate of drug-likeness (QED) is 0.795. The molecule has 0 spiro atoms. The minimum Gasteiger partial charge on any atom is -0.369 e. The molecule has 1 rings (SSSR count). The Labute approximate surface area is 110 Å². The molecule has 0 saturated heterocycles. The van der Waals surface area contributed by atoms with E-state index in [1.165, 1.54) is 0 Å². The second-order valence-corrected chi connectivity index (χ2v) is 4.57. The summed E-state index contributed by atoms with van der Waals surface area (Å²) in [6, 6.07) is 5.77. The Hall–Kier alpha value is -1.09. The van der Waals surface area contributed by atoms with Gasteiger partial charge >= 0.3 is 0 Å². The molecule has 1 aromatic carbocycles. The van der Waals surface area contributed by atoms with Crippen molar-refractivity contribution in [3.63, 3.8) is 0 Å². The predicted molar refractivity (Wildman–Crippen MR) is 76.7 cm³/mol. The largest absolute Gasteiger partial charge is 0.369 e. The molecule has 0 radical (unpaired) electrons. The van der Waals surface area contributed by atoms with Crippen LogP contribution < -0.4 is 10.2 Å². The van der Waals surface area contributed by atoms with Crippen molar-refractivity contribution in [3.05, 3.63) is 29.6 Å². The van der Waals surface area contributed by atoms with Gasteiger partial charge in [0.25, 0.3) is 0 Å². The van der Waals surface area contributed by atoms with Gasteiger partial charge in [-0.3, -0.25) is 0 Å². The minimum absolute atomic E-state index is 0.118. The second kappa shape index (κ2) is 7.37. The van der Waals surface area contributed by atoms with Crippen LogP contribution in [0.4, 0.5) is 10.1 Å². The normalized spacial score (nSPS) is 12.5. The van der Waals surface area contributed by atoms with E-state index in [4.69, 9.17) is 0 Å². The first-order valence-corrected chi connectivity index (χ1v) is 6.91. The Morgan fingerprint density at radius 2 is 2.00 bits per heavy atom. The number of nitrogens with zero attached hydrogens (tertiary/aromatic N) is 1. The van der Waals surface area contributed by atoms with Crippen molar-refractivity contribution in [2.75, 3.05) is 24.5 Å². The van der Waals surface area contributed by atoms with Gasteiger partial charge in [-0.05, 0) is 44.5 Å². The number of anilines is 1. The van der Waals surface area contributed by atoms with Crippen LogP contribution in [-0.4, -0.2) is 19.6 Å². The molecule has 2 nitrogen and oxygen atoms in total. The van der Waals surface area contributed by atoms with Crippen molar-refractivity contribution in [2.24, 2.45) is 0 Å². The zero-order chi connectivity index (χ0) is 13.5. The summed E-state index contributed by atoms with van der Waals surface area (Å²) in [5.41, 5.74) is 1.72. The zero-order valence-corrected chi connectivity index (χ0v) is 12.0. The number of hydrogen-bond donors (Lipinski definition) is 1. The van der Waals surface area contributed by atoms with E-state index in [0.717, 1.165) is 31.6 Å². The summed E-state index contributed by atoms with van der Waals surface area (Å²) in [4.78, 5) is 2.08. The molecular weight excluding hydrogens is 227 g/mol. The first-order chi connectivity index (χ1) is 8.63. The van der Waals surface area contributed by atoms with Gasteiger partial charge in [0.05, 0.1) is 5.69 Å². The van der Waals surface area contributed by atoms with E-state index in [-0.39, 0.29) is 11.9 Å². The lowest BCUT2D eigenvalue weighted by molar-refractivity contribution is 0.580. The van der Waals surface area contributed by atoms with E-state index in [0.29, 0.717) is 5.69 Å². The summed E-state index contributed by atoms with van der Waals surface area (Å²) in [6.45, 7) is 10.9. The van der Waals surface area contributed by atoms with Gasteiger partial charge in [-0.25, -0.2) is 4.39 Å². The van der Waals surface area contributed by atoms with E-state index in [1.54, 1.807) is 6.07 Å². The summed E-state index contributed by atoms with van der Waals surface area (Å²) in [5.74, 6) is -0.118. The lowest BCUT2D eigenvalue weighted by atomic mass is 10.1. The third-order valence-electron chi connectivity index (χ3n) is 3.20. The lowest BCUT2D eigenvalue weighted by Gasteiger charge is -2.24. The molecule has 0 aromatic heterocycles. The van der Waals surface area contributed by atoms with Gasteiger partial charge in [0, 0.05) is 19.1 Å². The third kappa shape index (κ3) is 3.70. The topological polar surface area (TPSA) is 15.3 Å². The zero-order valence-electron chi connectivity index (χ0n) is 12.0. The van der Waals surface area contributed by atoms with Gasteiger partial charge in [0.1, 0.15) is 5.82 Å². The van der Waals surface area contributed by atoms with Crippen LogP contribution in [0.2, 0.25) is 0 Å². The average Bonchev–Trinajstić information content (AvgIpc) is 2.36. The molecule has 1 aromatic rings. The minimum atomic E-state index is -0.118.